The van der Waals surface area contributed by atoms with Crippen molar-refractivity contribution in [1.29, 1.82) is 0 Å². The zero-order valence-electron chi connectivity index (χ0n) is 13.1. The van der Waals surface area contributed by atoms with Gasteiger partial charge in [-0.05, 0) is 30.3 Å². The van der Waals surface area contributed by atoms with Crippen LogP contribution >= 0.6 is 11.6 Å². The normalized spacial score (nSPS) is 10.7. The summed E-state index contributed by atoms with van der Waals surface area (Å²) in [5, 5.41) is 4.25. The first-order valence-electron chi connectivity index (χ1n) is 7.27. The van der Waals surface area contributed by atoms with Crippen molar-refractivity contribution in [2.75, 3.05) is 0 Å². The van der Waals surface area contributed by atoms with E-state index in [1.165, 1.54) is 43.7 Å². The Morgan fingerprint density at radius 1 is 1.20 bits per heavy atom. The third-order valence-corrected chi connectivity index (χ3v) is 3.69. The molecule has 3 aromatic rings. The van der Waals surface area contributed by atoms with Crippen molar-refractivity contribution in [2.24, 2.45) is 7.05 Å². The number of carbonyl (C=O) groups is 1. The fraction of sp³-hybridized carbons (Fsp3) is 0.118. The lowest BCUT2D eigenvalue weighted by Gasteiger charge is -2.05. The largest absolute Gasteiger partial charge is 0.292 e. The quantitative estimate of drug-likeness (QED) is 0.669. The van der Waals surface area contributed by atoms with Crippen molar-refractivity contribution in [3.8, 4) is 11.3 Å². The minimum absolute atomic E-state index is 0.0194. The number of ketones is 1. The molecule has 2 aromatic heterocycles. The molecule has 6 nitrogen and oxygen atoms in total. The maximum Gasteiger partial charge on any atom is 0.266 e. The van der Waals surface area contributed by atoms with E-state index in [4.69, 9.17) is 11.6 Å². The second kappa shape index (κ2) is 6.90. The van der Waals surface area contributed by atoms with Crippen LogP contribution in [-0.2, 0) is 13.5 Å². The van der Waals surface area contributed by atoms with Crippen molar-refractivity contribution in [1.82, 2.24) is 19.7 Å². The Hall–Kier alpha value is -2.93. The second-order valence-electron chi connectivity index (χ2n) is 5.33. The summed E-state index contributed by atoms with van der Waals surface area (Å²) in [5.41, 5.74) is 1.18. The van der Waals surface area contributed by atoms with Crippen molar-refractivity contribution >= 4 is 17.4 Å². The Morgan fingerprint density at radius 2 is 2.00 bits per heavy atom. The van der Waals surface area contributed by atoms with Gasteiger partial charge in [0, 0.05) is 23.7 Å². The van der Waals surface area contributed by atoms with Crippen LogP contribution in [0.15, 0.2) is 47.5 Å². The molecule has 0 amide bonds. The van der Waals surface area contributed by atoms with Crippen molar-refractivity contribution in [3.63, 3.8) is 0 Å². The van der Waals surface area contributed by atoms with Crippen LogP contribution in [0.5, 0.6) is 0 Å². The van der Waals surface area contributed by atoms with E-state index in [1.807, 2.05) is 0 Å². The highest BCUT2D eigenvalue weighted by Gasteiger charge is 2.13. The van der Waals surface area contributed by atoms with E-state index in [-0.39, 0.29) is 28.5 Å². The topological polar surface area (TPSA) is 77.7 Å². The highest BCUT2D eigenvalue weighted by atomic mass is 35.5. The van der Waals surface area contributed by atoms with Gasteiger partial charge in [-0.15, -0.1) is 0 Å². The number of hydrogen-bond donors (Lipinski definition) is 0. The summed E-state index contributed by atoms with van der Waals surface area (Å²) in [7, 11) is 1.51. The molecule has 1 aromatic carbocycles. The summed E-state index contributed by atoms with van der Waals surface area (Å²) >= 11 is 5.85. The van der Waals surface area contributed by atoms with Gasteiger partial charge in [0.1, 0.15) is 17.8 Å². The minimum Gasteiger partial charge on any atom is -0.292 e. The average Bonchev–Trinajstić information content (AvgIpc) is 2.57. The second-order valence-corrected chi connectivity index (χ2v) is 5.77. The highest BCUT2D eigenvalue weighted by Crippen LogP contribution is 2.23. The molecule has 0 fully saturated rings. The number of Topliss-reactive ketones (excluding diaryl/α,β-unsaturated/α-hetero) is 1. The number of nitrogens with zero attached hydrogens (tertiary/aromatic N) is 4. The number of benzene rings is 1. The lowest BCUT2D eigenvalue weighted by atomic mass is 10.1. The number of carbonyl (C=O) groups excluding carboxylic acids is 1. The smallest absolute Gasteiger partial charge is 0.266 e. The van der Waals surface area contributed by atoms with Gasteiger partial charge in [0.05, 0.1) is 17.8 Å². The van der Waals surface area contributed by atoms with E-state index >= 15 is 0 Å². The number of halogens is 2. The van der Waals surface area contributed by atoms with Crippen LogP contribution in [0.3, 0.4) is 0 Å². The van der Waals surface area contributed by atoms with Crippen LogP contribution in [0.4, 0.5) is 4.39 Å². The molecule has 0 atom stereocenters. The number of aromatic nitrogens is 4. The maximum absolute atomic E-state index is 13.5. The lowest BCUT2D eigenvalue weighted by molar-refractivity contribution is 0.0986. The molecule has 0 N–H and O–H groups in total. The molecule has 0 aliphatic heterocycles. The van der Waals surface area contributed by atoms with Gasteiger partial charge < -0.3 is 0 Å². The zero-order valence-corrected chi connectivity index (χ0v) is 13.9. The molecule has 0 aliphatic rings. The molecule has 25 heavy (non-hydrogen) atoms. The summed E-state index contributed by atoms with van der Waals surface area (Å²) in [6, 6.07) is 8.32. The first kappa shape index (κ1) is 16.9. The highest BCUT2D eigenvalue weighted by molar-refractivity contribution is 6.30. The molecule has 0 bridgehead atoms. The van der Waals surface area contributed by atoms with Crippen LogP contribution in [0.25, 0.3) is 11.3 Å². The van der Waals surface area contributed by atoms with Crippen molar-refractivity contribution in [2.45, 2.75) is 6.42 Å². The molecule has 0 saturated heterocycles. The Kier molecular flexibility index (Phi) is 4.67. The summed E-state index contributed by atoms with van der Waals surface area (Å²) in [6.07, 6.45) is 1.21. The fourth-order valence-electron chi connectivity index (χ4n) is 2.27. The van der Waals surface area contributed by atoms with Gasteiger partial charge in [-0.3, -0.25) is 9.59 Å². The predicted octanol–water partition coefficient (Wildman–Crippen LogP) is 2.46. The zero-order chi connectivity index (χ0) is 18.0. The third-order valence-electron chi connectivity index (χ3n) is 3.47. The third kappa shape index (κ3) is 3.95. The molecule has 0 spiro atoms. The summed E-state index contributed by atoms with van der Waals surface area (Å²) < 4.78 is 14.7. The number of aryl methyl sites for hydroxylation is 1. The predicted molar refractivity (Wildman–Crippen MR) is 89.9 cm³/mol. The first-order valence-corrected chi connectivity index (χ1v) is 7.65. The molecule has 2 heterocycles. The molecular formula is C17H12ClFN4O2. The van der Waals surface area contributed by atoms with E-state index in [9.17, 15) is 14.0 Å². The molecule has 0 aliphatic carbocycles. The molecule has 3 rings (SSSR count). The minimum atomic E-state index is -0.497. The van der Waals surface area contributed by atoms with Gasteiger partial charge in [0.25, 0.3) is 5.56 Å². The standard InChI is InChI=1S/C17H12ClFN4O2/c1-23-17(25)3-2-13(22-23)7-16(24)15-8-14(20-9-21-15)10-4-11(18)6-12(19)5-10/h2-6,8-9H,7H2,1H3. The average molecular weight is 359 g/mol. The molecule has 8 heteroatoms. The van der Waals surface area contributed by atoms with Crippen molar-refractivity contribution in [3.05, 3.63) is 75.3 Å². The monoisotopic (exact) mass is 358 g/mol. The number of hydrogen-bond acceptors (Lipinski definition) is 5. The van der Waals surface area contributed by atoms with Gasteiger partial charge in [0.15, 0.2) is 5.78 Å². The van der Waals surface area contributed by atoms with Gasteiger partial charge in [-0.25, -0.2) is 19.0 Å². The van der Waals surface area contributed by atoms with Gasteiger partial charge in [-0.2, -0.15) is 5.10 Å². The van der Waals surface area contributed by atoms with Crippen LogP contribution in [0.2, 0.25) is 5.02 Å². The fourth-order valence-corrected chi connectivity index (χ4v) is 2.49. The Morgan fingerprint density at radius 3 is 2.72 bits per heavy atom. The van der Waals surface area contributed by atoms with Crippen LogP contribution in [-0.4, -0.2) is 25.5 Å². The summed E-state index contributed by atoms with van der Waals surface area (Å²) in [6.45, 7) is 0. The first-order chi connectivity index (χ1) is 11.9. The molecule has 126 valence electrons. The number of rotatable bonds is 4. The van der Waals surface area contributed by atoms with Gasteiger partial charge in [0.2, 0.25) is 0 Å². The molecular weight excluding hydrogens is 347 g/mol. The van der Waals surface area contributed by atoms with E-state index in [0.717, 1.165) is 4.68 Å². The van der Waals surface area contributed by atoms with Gasteiger partial charge >= 0.3 is 0 Å². The van der Waals surface area contributed by atoms with Crippen LogP contribution < -0.4 is 5.56 Å². The van der Waals surface area contributed by atoms with Crippen LogP contribution in [0, 0.1) is 5.82 Å². The van der Waals surface area contributed by atoms with Crippen LogP contribution in [0.1, 0.15) is 16.2 Å². The SMILES string of the molecule is Cn1nc(CC(=O)c2cc(-c3cc(F)cc(Cl)c3)ncn2)ccc1=O. The van der Waals surface area contributed by atoms with E-state index in [2.05, 4.69) is 15.1 Å². The Bertz CT molecular complexity index is 999. The van der Waals surface area contributed by atoms with E-state index in [0.29, 0.717) is 17.0 Å². The van der Waals surface area contributed by atoms with E-state index in [1.54, 1.807) is 6.07 Å². The molecule has 0 saturated carbocycles. The Labute approximate surface area is 146 Å². The lowest BCUT2D eigenvalue weighted by Crippen LogP contribution is -2.20. The summed E-state index contributed by atoms with van der Waals surface area (Å²) in [5.74, 6) is -0.791. The molecule has 0 unspecified atom stereocenters. The molecule has 0 radical (unpaired) electrons. The van der Waals surface area contributed by atoms with E-state index < -0.39 is 5.82 Å². The Balaban J connectivity index is 1.88. The van der Waals surface area contributed by atoms with Crippen molar-refractivity contribution < 1.29 is 9.18 Å². The summed E-state index contributed by atoms with van der Waals surface area (Å²) in [4.78, 5) is 31.8. The van der Waals surface area contributed by atoms with Gasteiger partial charge in [-0.1, -0.05) is 11.6 Å². The maximum atomic E-state index is 13.5.